The van der Waals surface area contributed by atoms with Crippen LogP contribution in [-0.4, -0.2) is 23.5 Å². The van der Waals surface area contributed by atoms with Gasteiger partial charge in [-0.2, -0.15) is 13.6 Å². The molecule has 0 atom stereocenters. The third kappa shape index (κ3) is 2.60. The number of hydrogen-bond donors (Lipinski definition) is 0. The Morgan fingerprint density at radius 3 is 2.53 bits per heavy atom. The summed E-state index contributed by atoms with van der Waals surface area (Å²) < 4.78 is 24.1. The van der Waals surface area contributed by atoms with Crippen molar-refractivity contribution >= 4 is 40.6 Å². The Morgan fingerprint density at radius 2 is 1.89 bits per heavy atom. The molecule has 0 unspecified atom stereocenters. The summed E-state index contributed by atoms with van der Waals surface area (Å²) in [5.41, 5.74) is 0.0195. The fourth-order valence-corrected chi connectivity index (χ4v) is 1.94. The van der Waals surface area contributed by atoms with Gasteiger partial charge in [-0.25, -0.2) is 0 Å². The number of amides is 2. The van der Waals surface area contributed by atoms with Gasteiger partial charge in [0.1, 0.15) is 0 Å². The zero-order chi connectivity index (χ0) is 14.2. The number of carbonyl (C=O) groups is 2. The molecule has 19 heavy (non-hydrogen) atoms. The third-order valence-electron chi connectivity index (χ3n) is 2.31. The van der Waals surface area contributed by atoms with Crippen molar-refractivity contribution in [2.45, 2.75) is 6.61 Å². The monoisotopic (exact) mass is 307 g/mol. The zero-order valence-corrected chi connectivity index (χ0v) is 10.6. The maximum absolute atomic E-state index is 12.1. The number of carbonyl (C=O) groups excluding carboxylic acids is 2. The highest BCUT2D eigenvalue weighted by Gasteiger charge is 2.36. The Morgan fingerprint density at radius 1 is 1.21 bits per heavy atom. The van der Waals surface area contributed by atoms with E-state index in [-0.39, 0.29) is 26.2 Å². The van der Waals surface area contributed by atoms with E-state index in [2.05, 4.69) is 4.84 Å². The molecule has 1 aromatic rings. The predicted octanol–water partition coefficient (Wildman–Crippen LogP) is 2.90. The first-order chi connectivity index (χ1) is 8.91. The van der Waals surface area contributed by atoms with Crippen LogP contribution in [0, 0.1) is 0 Å². The van der Waals surface area contributed by atoms with E-state index in [1.807, 2.05) is 0 Å². The number of hydroxylamine groups is 2. The molecule has 0 saturated carbocycles. The van der Waals surface area contributed by atoms with E-state index in [4.69, 9.17) is 23.2 Å². The normalized spacial score (nSPS) is 15.4. The Balaban J connectivity index is 2.37. The molecule has 0 aromatic heterocycles. The number of nitrogens with zero attached hydrogens (tertiary/aromatic N) is 1. The van der Waals surface area contributed by atoms with E-state index >= 15 is 0 Å². The standard InChI is InChI=1S/C11H5Cl2F2NO3/c12-7-3-1-2-5(9(7)13)6-4-8(17)16(10(6)18)19-11(14)15/h1-4,11H. The van der Waals surface area contributed by atoms with Crippen LogP contribution < -0.4 is 0 Å². The van der Waals surface area contributed by atoms with Crippen LogP contribution in [0.5, 0.6) is 0 Å². The van der Waals surface area contributed by atoms with Crippen molar-refractivity contribution in [1.82, 2.24) is 5.06 Å². The molecule has 0 radical (unpaired) electrons. The molecule has 0 saturated heterocycles. The molecule has 1 aromatic carbocycles. The Kier molecular flexibility index (Phi) is 3.84. The first-order valence-corrected chi connectivity index (χ1v) is 5.67. The Bertz CT molecular complexity index is 589. The molecule has 0 N–H and O–H groups in total. The van der Waals surface area contributed by atoms with Crippen molar-refractivity contribution in [3.05, 3.63) is 39.9 Å². The van der Waals surface area contributed by atoms with Crippen LogP contribution in [0.4, 0.5) is 8.78 Å². The van der Waals surface area contributed by atoms with Crippen LogP contribution in [0.3, 0.4) is 0 Å². The van der Waals surface area contributed by atoms with Crippen LogP contribution in [-0.2, 0) is 14.4 Å². The molecule has 1 heterocycles. The molecule has 1 aliphatic rings. The van der Waals surface area contributed by atoms with Crippen LogP contribution in [0.1, 0.15) is 5.56 Å². The molecule has 8 heteroatoms. The maximum atomic E-state index is 12.1. The summed E-state index contributed by atoms with van der Waals surface area (Å²) in [6, 6.07) is 4.44. The second-order valence-corrected chi connectivity index (χ2v) is 4.25. The summed E-state index contributed by atoms with van der Waals surface area (Å²) in [6.07, 6.45) is 0.863. The number of benzene rings is 1. The first-order valence-electron chi connectivity index (χ1n) is 4.91. The summed E-state index contributed by atoms with van der Waals surface area (Å²) in [4.78, 5) is 27.0. The largest absolute Gasteiger partial charge is 0.365 e. The number of halogens is 4. The van der Waals surface area contributed by atoms with E-state index in [1.54, 1.807) is 0 Å². The average molecular weight is 308 g/mol. The summed E-state index contributed by atoms with van der Waals surface area (Å²) in [6.45, 7) is -3.28. The summed E-state index contributed by atoms with van der Waals surface area (Å²) in [5.74, 6) is -2.02. The Hall–Kier alpha value is -1.50. The van der Waals surface area contributed by atoms with Gasteiger partial charge in [-0.05, 0) is 6.07 Å². The van der Waals surface area contributed by atoms with Gasteiger partial charge in [-0.3, -0.25) is 9.59 Å². The molecule has 0 fully saturated rings. The highest BCUT2D eigenvalue weighted by molar-refractivity contribution is 6.45. The lowest BCUT2D eigenvalue weighted by Gasteiger charge is -2.13. The van der Waals surface area contributed by atoms with E-state index in [0.29, 0.717) is 0 Å². The minimum atomic E-state index is -3.28. The minimum absolute atomic E-state index is 0.0166. The molecule has 2 amide bonds. The van der Waals surface area contributed by atoms with Gasteiger partial charge in [0.05, 0.1) is 15.6 Å². The van der Waals surface area contributed by atoms with Gasteiger partial charge in [-0.1, -0.05) is 35.3 Å². The summed E-state index contributed by atoms with van der Waals surface area (Å²) in [7, 11) is 0. The molecule has 100 valence electrons. The zero-order valence-electron chi connectivity index (χ0n) is 9.07. The molecule has 0 spiro atoms. The topological polar surface area (TPSA) is 46.6 Å². The third-order valence-corrected chi connectivity index (χ3v) is 3.13. The second kappa shape index (κ2) is 5.24. The van der Waals surface area contributed by atoms with Gasteiger partial charge in [0.2, 0.25) is 0 Å². The molecule has 4 nitrogen and oxygen atoms in total. The molecular formula is C11H5Cl2F2NO3. The fourth-order valence-electron chi connectivity index (χ4n) is 1.54. The molecule has 1 aliphatic heterocycles. The molecule has 0 aliphatic carbocycles. The summed E-state index contributed by atoms with van der Waals surface area (Å²) in [5, 5.41) is 0.209. The lowest BCUT2D eigenvalue weighted by molar-refractivity contribution is -0.257. The van der Waals surface area contributed by atoms with Crippen LogP contribution in [0.25, 0.3) is 5.57 Å². The van der Waals surface area contributed by atoms with Crippen LogP contribution in [0.15, 0.2) is 24.3 Å². The quantitative estimate of drug-likeness (QED) is 0.807. The van der Waals surface area contributed by atoms with Crippen molar-refractivity contribution in [3.63, 3.8) is 0 Å². The van der Waals surface area contributed by atoms with Crippen LogP contribution >= 0.6 is 23.2 Å². The molecule has 2 rings (SSSR count). The number of alkyl halides is 2. The van der Waals surface area contributed by atoms with E-state index in [9.17, 15) is 18.4 Å². The SMILES string of the molecule is O=C1C=C(c2cccc(Cl)c2Cl)C(=O)N1OC(F)F. The van der Waals surface area contributed by atoms with Crippen molar-refractivity contribution < 1.29 is 23.2 Å². The van der Waals surface area contributed by atoms with Crippen molar-refractivity contribution in [2.75, 3.05) is 0 Å². The number of imide groups is 1. The smallest absolute Gasteiger partial charge is 0.267 e. The van der Waals surface area contributed by atoms with Gasteiger partial charge in [0, 0.05) is 11.6 Å². The summed E-state index contributed by atoms with van der Waals surface area (Å²) >= 11 is 11.7. The number of rotatable bonds is 3. The van der Waals surface area contributed by atoms with E-state index in [1.165, 1.54) is 18.2 Å². The van der Waals surface area contributed by atoms with Crippen molar-refractivity contribution in [2.24, 2.45) is 0 Å². The van der Waals surface area contributed by atoms with Gasteiger partial charge >= 0.3 is 6.61 Å². The van der Waals surface area contributed by atoms with Crippen molar-refractivity contribution in [3.8, 4) is 0 Å². The highest BCUT2D eigenvalue weighted by atomic mass is 35.5. The van der Waals surface area contributed by atoms with Gasteiger partial charge in [0.15, 0.2) is 0 Å². The Labute approximate surface area is 116 Å². The van der Waals surface area contributed by atoms with Crippen LogP contribution in [0.2, 0.25) is 10.0 Å². The maximum Gasteiger partial charge on any atom is 0.365 e. The predicted molar refractivity (Wildman–Crippen MR) is 63.4 cm³/mol. The average Bonchev–Trinajstić information content (AvgIpc) is 2.60. The van der Waals surface area contributed by atoms with Gasteiger partial charge in [0.25, 0.3) is 11.8 Å². The lowest BCUT2D eigenvalue weighted by Crippen LogP contribution is -2.32. The van der Waals surface area contributed by atoms with Gasteiger partial charge in [-0.15, -0.1) is 5.06 Å². The van der Waals surface area contributed by atoms with Crippen molar-refractivity contribution in [1.29, 1.82) is 0 Å². The van der Waals surface area contributed by atoms with E-state index in [0.717, 1.165) is 6.08 Å². The minimum Gasteiger partial charge on any atom is -0.267 e. The lowest BCUT2D eigenvalue weighted by atomic mass is 10.1. The van der Waals surface area contributed by atoms with E-state index < -0.39 is 18.4 Å². The van der Waals surface area contributed by atoms with Gasteiger partial charge < -0.3 is 0 Å². The molecular weight excluding hydrogens is 303 g/mol. The number of hydrogen-bond acceptors (Lipinski definition) is 3. The fraction of sp³-hybridized carbons (Fsp3) is 0.0909. The molecule has 0 bridgehead atoms. The second-order valence-electron chi connectivity index (χ2n) is 3.46. The first kappa shape index (κ1) is 13.9. The highest BCUT2D eigenvalue weighted by Crippen LogP contribution is 2.33.